The summed E-state index contributed by atoms with van der Waals surface area (Å²) in [6, 6.07) is 5.89. The Kier molecular flexibility index (Phi) is 7.91. The van der Waals surface area contributed by atoms with Crippen LogP contribution in [0.25, 0.3) is 0 Å². The van der Waals surface area contributed by atoms with Crippen molar-refractivity contribution in [2.24, 2.45) is 0 Å². The lowest BCUT2D eigenvalue weighted by molar-refractivity contribution is -0.117. The lowest BCUT2D eigenvalue weighted by atomic mass is 9.96. The van der Waals surface area contributed by atoms with Gasteiger partial charge in [-0.3, -0.25) is 19.2 Å². The van der Waals surface area contributed by atoms with Gasteiger partial charge in [0, 0.05) is 24.5 Å². The van der Waals surface area contributed by atoms with Crippen LogP contribution < -0.4 is 32.1 Å². The van der Waals surface area contributed by atoms with Crippen molar-refractivity contribution in [3.05, 3.63) is 89.0 Å². The molecule has 4 N–H and O–H groups in total. The summed E-state index contributed by atoms with van der Waals surface area (Å²) in [4.78, 5) is 51.0. The fourth-order valence-electron chi connectivity index (χ4n) is 4.08. The van der Waals surface area contributed by atoms with Gasteiger partial charge in [0.2, 0.25) is 0 Å². The minimum Gasteiger partial charge on any atom is -0.394 e. The molecule has 0 atom stereocenters. The number of anilines is 2. The van der Waals surface area contributed by atoms with Crippen molar-refractivity contribution in [3.63, 3.8) is 0 Å². The van der Waals surface area contributed by atoms with Crippen LogP contribution in [0, 0.1) is 13.8 Å². The molecule has 184 valence electrons. The maximum Gasteiger partial charge on any atom is 0.267 e. The van der Waals surface area contributed by atoms with Gasteiger partial charge in [-0.1, -0.05) is 38.6 Å². The molecule has 0 aliphatic carbocycles. The second-order valence-corrected chi connectivity index (χ2v) is 9.24. The molecular formula is C26H30N4O4S. The van der Waals surface area contributed by atoms with Crippen LogP contribution in [-0.4, -0.2) is 18.4 Å². The van der Waals surface area contributed by atoms with Gasteiger partial charge in [0.1, 0.15) is 11.4 Å². The molecule has 1 aromatic heterocycles. The molecule has 0 radical (unpaired) electrons. The molecule has 3 aromatic rings. The average molecular weight is 495 g/mol. The van der Waals surface area contributed by atoms with Crippen LogP contribution in [0.1, 0.15) is 51.3 Å². The van der Waals surface area contributed by atoms with Crippen molar-refractivity contribution < 1.29 is 9.59 Å². The van der Waals surface area contributed by atoms with E-state index in [9.17, 15) is 19.2 Å². The Labute approximate surface area is 208 Å². The largest absolute Gasteiger partial charge is 0.394 e. The number of nitrogens with one attached hydrogen (secondary N) is 2. The third-order valence-electron chi connectivity index (χ3n) is 5.90. The highest BCUT2D eigenvalue weighted by atomic mass is 32.1. The van der Waals surface area contributed by atoms with E-state index in [0.29, 0.717) is 24.3 Å². The first kappa shape index (κ1) is 25.9. The van der Waals surface area contributed by atoms with Gasteiger partial charge in [0.05, 0.1) is 11.3 Å². The third-order valence-corrected chi connectivity index (χ3v) is 6.93. The molecule has 8 nitrogen and oxygen atoms in total. The van der Waals surface area contributed by atoms with Crippen LogP contribution in [0.4, 0.5) is 11.4 Å². The van der Waals surface area contributed by atoms with E-state index >= 15 is 0 Å². The van der Waals surface area contributed by atoms with Crippen molar-refractivity contribution in [1.29, 1.82) is 0 Å². The number of rotatable bonds is 6. The highest BCUT2D eigenvalue weighted by molar-refractivity contribution is 7.10. The number of nitrogen functional groups attached to an aromatic ring is 1. The molecule has 2 aromatic carbocycles. The minimum absolute atomic E-state index is 0.0234. The van der Waals surface area contributed by atoms with Gasteiger partial charge in [0.15, 0.2) is 0 Å². The summed E-state index contributed by atoms with van der Waals surface area (Å²) in [5, 5.41) is 7.24. The Morgan fingerprint density at radius 3 is 2.49 bits per heavy atom. The molecule has 4 rings (SSSR count). The van der Waals surface area contributed by atoms with Gasteiger partial charge in [-0.2, -0.15) is 0 Å². The molecule has 0 fully saturated rings. The molecule has 0 saturated carbocycles. The van der Waals surface area contributed by atoms with E-state index in [-0.39, 0.29) is 23.8 Å². The van der Waals surface area contributed by atoms with Crippen molar-refractivity contribution in [2.45, 2.75) is 47.2 Å². The summed E-state index contributed by atoms with van der Waals surface area (Å²) in [6.07, 6.45) is 0.727. The number of amides is 2. The quantitative estimate of drug-likeness (QED) is 0.358. The average Bonchev–Trinajstić information content (AvgIpc) is 3.20. The lowest BCUT2D eigenvalue weighted by Gasteiger charge is -2.32. The highest BCUT2D eigenvalue weighted by Crippen LogP contribution is 2.26. The Bertz CT molecular complexity index is 1350. The normalized spacial score (nSPS) is 12.4. The number of hydrogen-bond acceptors (Lipinski definition) is 7. The summed E-state index contributed by atoms with van der Waals surface area (Å²) < 4.78 is 0. The van der Waals surface area contributed by atoms with Crippen molar-refractivity contribution in [2.75, 3.05) is 17.2 Å². The van der Waals surface area contributed by atoms with E-state index in [1.807, 2.05) is 56.2 Å². The van der Waals surface area contributed by atoms with E-state index < -0.39 is 16.8 Å². The van der Waals surface area contributed by atoms with E-state index in [1.165, 1.54) is 11.3 Å². The van der Waals surface area contributed by atoms with Gasteiger partial charge in [-0.25, -0.2) is 0 Å². The van der Waals surface area contributed by atoms with Crippen LogP contribution in [0.2, 0.25) is 0 Å². The monoisotopic (exact) mass is 494 g/mol. The Morgan fingerprint density at radius 1 is 1.14 bits per heavy atom. The fourth-order valence-corrected chi connectivity index (χ4v) is 4.92. The number of nitrogens with two attached hydrogens (primary N) is 1. The smallest absolute Gasteiger partial charge is 0.267 e. The van der Waals surface area contributed by atoms with Crippen molar-refractivity contribution in [1.82, 2.24) is 10.6 Å². The molecular weight excluding hydrogens is 464 g/mol. The number of thiophene rings is 1. The molecule has 2 amide bonds. The number of carbonyl (C=O) groups is 2. The van der Waals surface area contributed by atoms with E-state index in [1.54, 1.807) is 0 Å². The molecule has 1 aliphatic heterocycles. The zero-order chi connectivity index (χ0) is 25.9. The van der Waals surface area contributed by atoms with Gasteiger partial charge < -0.3 is 21.3 Å². The van der Waals surface area contributed by atoms with E-state index in [0.717, 1.165) is 33.6 Å². The number of nitrogens with zero attached hydrogens (tertiary/aromatic N) is 1. The molecule has 9 heteroatoms. The number of hydrogen-bond donors (Lipinski definition) is 3. The first-order valence-electron chi connectivity index (χ1n) is 11.4. The van der Waals surface area contributed by atoms with Crippen molar-refractivity contribution >= 4 is 34.5 Å². The first-order valence-corrected chi connectivity index (χ1v) is 12.3. The van der Waals surface area contributed by atoms with Crippen LogP contribution >= 0.6 is 11.3 Å². The predicted molar refractivity (Wildman–Crippen MR) is 141 cm³/mol. The Morgan fingerprint density at radius 2 is 1.86 bits per heavy atom. The van der Waals surface area contributed by atoms with Crippen LogP contribution in [-0.2, 0) is 24.3 Å². The molecule has 0 unspecified atom stereocenters. The molecule has 1 aliphatic rings. The summed E-state index contributed by atoms with van der Waals surface area (Å²) in [7, 11) is 0. The molecule has 0 spiro atoms. The number of fused-ring (bicyclic) bond motifs is 1. The minimum atomic E-state index is -0.621. The SMILES string of the molecule is C=C(NC(=O)c1c(C)csc1C)C(=O)NCc1ccc2c(c1)CN(c1c(N)c(=O)c1=O)CC2.CC. The second-order valence-electron chi connectivity index (χ2n) is 8.16. The molecule has 2 heterocycles. The maximum absolute atomic E-state index is 12.5. The lowest BCUT2D eigenvalue weighted by Crippen LogP contribution is -2.44. The fraction of sp³-hybridized carbons (Fsp3) is 0.308. The summed E-state index contributed by atoms with van der Waals surface area (Å²) in [5.74, 6) is -0.817. The predicted octanol–water partition coefficient (Wildman–Crippen LogP) is 2.69. The van der Waals surface area contributed by atoms with Gasteiger partial charge in [-0.05, 0) is 47.9 Å². The number of carbonyl (C=O) groups excluding carboxylic acids is 2. The van der Waals surface area contributed by atoms with Gasteiger partial charge >= 0.3 is 0 Å². The van der Waals surface area contributed by atoms with E-state index in [2.05, 4.69) is 17.2 Å². The molecule has 35 heavy (non-hydrogen) atoms. The zero-order valence-corrected chi connectivity index (χ0v) is 21.2. The number of benzene rings is 1. The summed E-state index contributed by atoms with van der Waals surface area (Å²) in [6.45, 7) is 12.7. The molecule has 0 saturated heterocycles. The van der Waals surface area contributed by atoms with Gasteiger partial charge in [-0.15, -0.1) is 11.3 Å². The van der Waals surface area contributed by atoms with Crippen LogP contribution in [0.15, 0.2) is 45.4 Å². The topological polar surface area (TPSA) is 122 Å². The number of aryl methyl sites for hydroxylation is 2. The highest BCUT2D eigenvalue weighted by Gasteiger charge is 2.27. The third kappa shape index (κ3) is 5.19. The van der Waals surface area contributed by atoms with Gasteiger partial charge in [0.25, 0.3) is 22.7 Å². The van der Waals surface area contributed by atoms with Crippen molar-refractivity contribution in [3.8, 4) is 0 Å². The zero-order valence-electron chi connectivity index (χ0n) is 20.4. The summed E-state index contributed by atoms with van der Waals surface area (Å²) in [5.41, 5.74) is 9.31. The van der Waals surface area contributed by atoms with Crippen LogP contribution in [0.3, 0.4) is 0 Å². The summed E-state index contributed by atoms with van der Waals surface area (Å²) >= 11 is 1.48. The second kappa shape index (κ2) is 10.7. The first-order chi connectivity index (χ1) is 16.7. The maximum atomic E-state index is 12.5. The standard InChI is InChI=1S/C24H24N4O4S.C2H6/c1-12-11-33-14(3)18(12)24(32)27-13(2)23(31)26-9-15-4-5-16-6-7-28(10-17(16)8-15)20-19(25)21(29)22(20)30;1-2/h4-5,8,11H,2,6-7,9-10,25H2,1,3H3,(H,26,31)(H,27,32);1-2H3. The Hall–Kier alpha value is -3.72. The molecule has 0 bridgehead atoms. The Balaban J connectivity index is 0.00000167. The van der Waals surface area contributed by atoms with Crippen LogP contribution in [0.5, 0.6) is 0 Å². The van der Waals surface area contributed by atoms with E-state index in [4.69, 9.17) is 5.73 Å².